The molecule has 0 bridgehead atoms. The molecule has 0 aliphatic rings. The van der Waals surface area contributed by atoms with Crippen LogP contribution >= 0.6 is 0 Å². The maximum absolute atomic E-state index is 13.5. The minimum atomic E-state index is -5.06. The van der Waals surface area contributed by atoms with Crippen molar-refractivity contribution in [3.63, 3.8) is 0 Å². The molecule has 0 atom stereocenters. The van der Waals surface area contributed by atoms with E-state index in [9.17, 15) is 35.9 Å². The van der Waals surface area contributed by atoms with E-state index in [0.29, 0.717) is 6.07 Å². The number of hydrogen-bond donors (Lipinski definition) is 2. The molecule has 25 heavy (non-hydrogen) atoms. The lowest BCUT2D eigenvalue weighted by atomic mass is 10.1. The predicted molar refractivity (Wildman–Crippen MR) is 75.4 cm³/mol. The van der Waals surface area contributed by atoms with Crippen molar-refractivity contribution in [1.82, 2.24) is 0 Å². The summed E-state index contributed by atoms with van der Waals surface area (Å²) < 4.78 is 75.8. The van der Waals surface area contributed by atoms with E-state index in [1.165, 1.54) is 0 Å². The second-order valence-electron chi connectivity index (χ2n) is 4.71. The average Bonchev–Trinajstić information content (AvgIpc) is 2.53. The molecule has 2 amide bonds. The van der Waals surface area contributed by atoms with Gasteiger partial charge in [0.15, 0.2) is 17.5 Å². The van der Waals surface area contributed by atoms with E-state index >= 15 is 0 Å². The summed E-state index contributed by atoms with van der Waals surface area (Å²) in [5.74, 6) is -8.21. The van der Waals surface area contributed by atoms with Gasteiger partial charge in [-0.3, -0.25) is 9.59 Å². The molecule has 0 fully saturated rings. The number of alkyl halides is 3. The number of rotatable bonds is 3. The standard InChI is InChI=1S/C15H8F6N2O2/c16-10-6-5-9(11(17)12(10)18)13(24)22-7-1-3-8(4-2-7)23-14(25)15(19,20)21/h1-6H,(H,22,24)(H,23,25). The monoisotopic (exact) mass is 362 g/mol. The zero-order valence-electron chi connectivity index (χ0n) is 12.0. The molecule has 0 aromatic heterocycles. The smallest absolute Gasteiger partial charge is 0.322 e. The molecule has 0 radical (unpaired) electrons. The Morgan fingerprint density at radius 1 is 0.760 bits per heavy atom. The molecule has 0 aliphatic carbocycles. The first-order chi connectivity index (χ1) is 11.6. The topological polar surface area (TPSA) is 58.2 Å². The molecular formula is C15H8F6N2O2. The van der Waals surface area contributed by atoms with E-state index in [-0.39, 0.29) is 11.4 Å². The van der Waals surface area contributed by atoms with Crippen LogP contribution in [-0.2, 0) is 4.79 Å². The molecule has 0 heterocycles. The minimum absolute atomic E-state index is 0.0270. The summed E-state index contributed by atoms with van der Waals surface area (Å²) in [6.45, 7) is 0. The Kier molecular flexibility index (Phi) is 5.00. The van der Waals surface area contributed by atoms with Gasteiger partial charge in [0, 0.05) is 11.4 Å². The van der Waals surface area contributed by atoms with E-state index in [1.807, 2.05) is 0 Å². The highest BCUT2D eigenvalue weighted by molar-refractivity contribution is 6.04. The fourth-order valence-electron chi connectivity index (χ4n) is 1.74. The van der Waals surface area contributed by atoms with Gasteiger partial charge in [-0.15, -0.1) is 0 Å². The molecular weight excluding hydrogens is 354 g/mol. The quantitative estimate of drug-likeness (QED) is 0.644. The van der Waals surface area contributed by atoms with Gasteiger partial charge in [-0.1, -0.05) is 0 Å². The molecule has 0 aliphatic heterocycles. The summed E-state index contributed by atoms with van der Waals surface area (Å²) in [6.07, 6.45) is -5.06. The van der Waals surface area contributed by atoms with Crippen LogP contribution in [0.1, 0.15) is 10.4 Å². The number of anilines is 2. The van der Waals surface area contributed by atoms with E-state index < -0.39 is 41.0 Å². The Labute approximate surface area is 136 Å². The zero-order valence-corrected chi connectivity index (χ0v) is 12.0. The average molecular weight is 362 g/mol. The zero-order chi connectivity index (χ0) is 18.8. The third kappa shape index (κ3) is 4.28. The number of carbonyl (C=O) groups excluding carboxylic acids is 2. The van der Waals surface area contributed by atoms with Crippen molar-refractivity contribution in [1.29, 1.82) is 0 Å². The third-order valence-corrected chi connectivity index (χ3v) is 2.94. The van der Waals surface area contributed by atoms with Gasteiger partial charge in [-0.2, -0.15) is 13.2 Å². The number of hydrogen-bond acceptors (Lipinski definition) is 2. The van der Waals surface area contributed by atoms with Crippen molar-refractivity contribution < 1.29 is 35.9 Å². The molecule has 0 unspecified atom stereocenters. The van der Waals surface area contributed by atoms with Crippen LogP contribution < -0.4 is 10.6 Å². The summed E-state index contributed by atoms with van der Waals surface area (Å²) in [6, 6.07) is 5.68. The van der Waals surface area contributed by atoms with Crippen LogP contribution in [0.3, 0.4) is 0 Å². The van der Waals surface area contributed by atoms with Crippen LogP contribution in [0, 0.1) is 17.5 Å². The number of benzene rings is 2. The largest absolute Gasteiger partial charge is 0.471 e. The minimum Gasteiger partial charge on any atom is -0.322 e. The van der Waals surface area contributed by atoms with Gasteiger partial charge in [0.1, 0.15) is 0 Å². The summed E-state index contributed by atoms with van der Waals surface area (Å²) >= 11 is 0. The molecule has 132 valence electrons. The number of carbonyl (C=O) groups is 2. The summed E-state index contributed by atoms with van der Waals surface area (Å²) in [5.41, 5.74) is -0.924. The molecule has 0 saturated heterocycles. The van der Waals surface area contributed by atoms with Gasteiger partial charge in [0.25, 0.3) is 5.91 Å². The maximum Gasteiger partial charge on any atom is 0.471 e. The van der Waals surface area contributed by atoms with Gasteiger partial charge in [0.2, 0.25) is 0 Å². The number of halogens is 6. The Bertz CT molecular complexity index is 818. The Morgan fingerprint density at radius 2 is 1.28 bits per heavy atom. The third-order valence-electron chi connectivity index (χ3n) is 2.94. The lowest BCUT2D eigenvalue weighted by Gasteiger charge is -2.10. The summed E-state index contributed by atoms with van der Waals surface area (Å²) in [4.78, 5) is 22.6. The van der Waals surface area contributed by atoms with Gasteiger partial charge in [-0.25, -0.2) is 13.2 Å². The Hall–Kier alpha value is -3.04. The maximum atomic E-state index is 13.5. The Morgan fingerprint density at radius 3 is 1.80 bits per heavy atom. The molecule has 2 N–H and O–H groups in total. The second kappa shape index (κ2) is 6.83. The highest BCUT2D eigenvalue weighted by atomic mass is 19.4. The normalized spacial score (nSPS) is 11.1. The predicted octanol–water partition coefficient (Wildman–Crippen LogP) is 3.86. The first-order valence-electron chi connectivity index (χ1n) is 6.52. The lowest BCUT2D eigenvalue weighted by molar-refractivity contribution is -0.167. The van der Waals surface area contributed by atoms with Crippen LogP contribution in [0.15, 0.2) is 36.4 Å². The highest BCUT2D eigenvalue weighted by Crippen LogP contribution is 2.21. The molecule has 4 nitrogen and oxygen atoms in total. The van der Waals surface area contributed by atoms with Crippen molar-refractivity contribution in [2.24, 2.45) is 0 Å². The SMILES string of the molecule is O=C(Nc1ccc(NC(=O)C(F)(F)F)cc1)c1ccc(F)c(F)c1F. The second-order valence-corrected chi connectivity index (χ2v) is 4.71. The number of amides is 2. The van der Waals surface area contributed by atoms with Gasteiger partial charge in [-0.05, 0) is 36.4 Å². The molecule has 10 heteroatoms. The lowest BCUT2D eigenvalue weighted by Crippen LogP contribution is -2.29. The summed E-state index contributed by atoms with van der Waals surface area (Å²) in [5, 5.41) is 3.74. The van der Waals surface area contributed by atoms with E-state index in [1.54, 1.807) is 5.32 Å². The van der Waals surface area contributed by atoms with Crippen molar-refractivity contribution in [2.75, 3.05) is 10.6 Å². The van der Waals surface area contributed by atoms with Gasteiger partial charge >= 0.3 is 12.1 Å². The molecule has 2 aromatic rings. The first-order valence-corrected chi connectivity index (χ1v) is 6.52. The van der Waals surface area contributed by atoms with Gasteiger partial charge < -0.3 is 10.6 Å². The van der Waals surface area contributed by atoms with Crippen LogP contribution in [0.25, 0.3) is 0 Å². The fourth-order valence-corrected chi connectivity index (χ4v) is 1.74. The fraction of sp³-hybridized carbons (Fsp3) is 0.0667. The first kappa shape index (κ1) is 18.3. The van der Waals surface area contributed by atoms with Crippen LogP contribution in [-0.4, -0.2) is 18.0 Å². The van der Waals surface area contributed by atoms with Gasteiger partial charge in [0.05, 0.1) is 5.56 Å². The van der Waals surface area contributed by atoms with Crippen LogP contribution in [0.4, 0.5) is 37.7 Å². The van der Waals surface area contributed by atoms with Crippen molar-refractivity contribution in [2.45, 2.75) is 6.18 Å². The van der Waals surface area contributed by atoms with E-state index in [4.69, 9.17) is 0 Å². The van der Waals surface area contributed by atoms with Crippen LogP contribution in [0.2, 0.25) is 0 Å². The molecule has 0 spiro atoms. The van der Waals surface area contributed by atoms with Crippen molar-refractivity contribution in [3.05, 3.63) is 59.4 Å². The van der Waals surface area contributed by atoms with E-state index in [0.717, 1.165) is 30.3 Å². The van der Waals surface area contributed by atoms with Crippen molar-refractivity contribution >= 4 is 23.2 Å². The van der Waals surface area contributed by atoms with Crippen LogP contribution in [0.5, 0.6) is 0 Å². The molecule has 0 saturated carbocycles. The highest BCUT2D eigenvalue weighted by Gasteiger charge is 2.38. The van der Waals surface area contributed by atoms with Crippen molar-refractivity contribution in [3.8, 4) is 0 Å². The van der Waals surface area contributed by atoms with E-state index in [2.05, 4.69) is 5.32 Å². The molecule has 2 aromatic carbocycles. The number of nitrogens with one attached hydrogen (secondary N) is 2. The Balaban J connectivity index is 2.10. The molecule has 2 rings (SSSR count). The summed E-state index contributed by atoms with van der Waals surface area (Å²) in [7, 11) is 0.